The molecule has 0 aromatic heterocycles. The number of esters is 2. The molecule has 1 saturated heterocycles. The average molecular weight is 825 g/mol. The number of hydrogen-bond donors (Lipinski definition) is 3. The van der Waals surface area contributed by atoms with Crippen LogP contribution in [-0.2, 0) is 37.4 Å². The number of allylic oxidation sites excluding steroid dienone is 8. The maximum atomic E-state index is 12.6. The van der Waals surface area contributed by atoms with Gasteiger partial charge in [0.05, 0.1) is 32.0 Å². The summed E-state index contributed by atoms with van der Waals surface area (Å²) in [6, 6.07) is 0. The molecule has 1 rings (SSSR count). The van der Waals surface area contributed by atoms with E-state index in [1.807, 2.05) is 12.2 Å². The van der Waals surface area contributed by atoms with Crippen molar-refractivity contribution in [1.82, 2.24) is 0 Å². The van der Waals surface area contributed by atoms with Crippen LogP contribution in [-0.4, -0.2) is 77.9 Å². The fourth-order valence-corrected chi connectivity index (χ4v) is 6.62. The fraction of sp³-hybridized carbons (Fsp3) is 0.733. The Balaban J connectivity index is 2.30. The number of unbranched alkanes of at least 4 members (excludes halogenated alkanes) is 10. The Morgan fingerprint density at radius 2 is 1.18 bits per heavy atom. The van der Waals surface area contributed by atoms with Gasteiger partial charge in [-0.15, -0.1) is 0 Å². The zero-order valence-electron chi connectivity index (χ0n) is 35.4. The minimum Gasteiger partial charge on any atom is -0.462 e. The minimum absolute atomic E-state index is 0.0542. The molecule has 1 aliphatic rings. The van der Waals surface area contributed by atoms with Gasteiger partial charge in [-0.25, -0.2) is 4.57 Å². The van der Waals surface area contributed by atoms with Gasteiger partial charge in [0, 0.05) is 12.8 Å². The summed E-state index contributed by atoms with van der Waals surface area (Å²) in [5, 5.41) is 18.3. The number of carbonyl (C=O) groups is 2. The number of epoxide rings is 1. The topological polar surface area (TPSA) is 161 Å². The molecular formula is C45H77O11P. The summed E-state index contributed by atoms with van der Waals surface area (Å²) in [5.41, 5.74) is 0. The average Bonchev–Trinajstić information content (AvgIpc) is 3.94. The van der Waals surface area contributed by atoms with Crippen LogP contribution in [0.25, 0.3) is 0 Å². The van der Waals surface area contributed by atoms with Crippen molar-refractivity contribution in [1.29, 1.82) is 0 Å². The van der Waals surface area contributed by atoms with E-state index >= 15 is 0 Å². The van der Waals surface area contributed by atoms with Gasteiger partial charge in [-0.3, -0.25) is 18.6 Å². The van der Waals surface area contributed by atoms with Crippen molar-refractivity contribution in [2.75, 3.05) is 26.4 Å². The number of hydrogen-bond acceptors (Lipinski definition) is 10. The normalized spacial score (nSPS) is 18.1. The second kappa shape index (κ2) is 35.6. The Kier molecular flexibility index (Phi) is 32.8. The van der Waals surface area contributed by atoms with E-state index in [-0.39, 0.29) is 19.4 Å². The molecule has 1 aliphatic heterocycles. The third-order valence-corrected chi connectivity index (χ3v) is 10.2. The highest BCUT2D eigenvalue weighted by molar-refractivity contribution is 7.47. The van der Waals surface area contributed by atoms with Gasteiger partial charge in [0.25, 0.3) is 0 Å². The van der Waals surface area contributed by atoms with Gasteiger partial charge in [0.2, 0.25) is 0 Å². The Hall–Kier alpha value is -2.37. The Morgan fingerprint density at radius 1 is 0.667 bits per heavy atom. The molecule has 0 amide bonds. The first-order valence-corrected chi connectivity index (χ1v) is 23.2. The highest BCUT2D eigenvalue weighted by Gasteiger charge is 2.36. The molecule has 0 aliphatic carbocycles. The molecule has 0 aromatic rings. The van der Waals surface area contributed by atoms with Crippen molar-refractivity contribution in [3.8, 4) is 0 Å². The maximum absolute atomic E-state index is 12.6. The molecule has 328 valence electrons. The molecule has 12 heteroatoms. The van der Waals surface area contributed by atoms with Crippen LogP contribution in [0.2, 0.25) is 0 Å². The molecule has 57 heavy (non-hydrogen) atoms. The summed E-state index contributed by atoms with van der Waals surface area (Å²) in [7, 11) is -4.64. The maximum Gasteiger partial charge on any atom is 0.472 e. The third kappa shape index (κ3) is 34.2. The summed E-state index contributed by atoms with van der Waals surface area (Å²) >= 11 is 0. The van der Waals surface area contributed by atoms with Gasteiger partial charge in [-0.05, 0) is 57.3 Å². The second-order valence-electron chi connectivity index (χ2n) is 15.2. The molecule has 3 N–H and O–H groups in total. The molecule has 0 radical (unpaired) electrons. The SMILES string of the molecule is CC/C=C\CC1OC1C/C=C\C/C=C\C/C=C\C/C=C\CCC(=O)O[C@H](COC(=O)CCCCCCCCCCCCCC(C)C)COP(=O)(O)OC[C@@H](O)CO. The van der Waals surface area contributed by atoms with Crippen LogP contribution in [0, 0.1) is 5.92 Å². The summed E-state index contributed by atoms with van der Waals surface area (Å²) in [6.45, 7) is 4.48. The predicted octanol–water partition coefficient (Wildman–Crippen LogP) is 10.3. The first-order chi connectivity index (χ1) is 27.6. The van der Waals surface area contributed by atoms with Gasteiger partial charge < -0.3 is 29.3 Å². The van der Waals surface area contributed by atoms with E-state index in [1.54, 1.807) is 0 Å². The number of phosphoric acid groups is 1. The van der Waals surface area contributed by atoms with Crippen molar-refractivity contribution in [2.45, 2.75) is 180 Å². The lowest BCUT2D eigenvalue weighted by molar-refractivity contribution is -0.161. The van der Waals surface area contributed by atoms with Crippen LogP contribution >= 0.6 is 7.82 Å². The molecule has 1 fully saturated rings. The molecule has 0 saturated carbocycles. The quantitative estimate of drug-likeness (QED) is 0.0179. The molecule has 11 nitrogen and oxygen atoms in total. The van der Waals surface area contributed by atoms with Crippen LogP contribution in [0.3, 0.4) is 0 Å². The van der Waals surface area contributed by atoms with Crippen molar-refractivity contribution < 1.29 is 52.5 Å². The van der Waals surface area contributed by atoms with Crippen LogP contribution in [0.1, 0.15) is 156 Å². The number of carbonyl (C=O) groups excluding carboxylic acids is 2. The highest BCUT2D eigenvalue weighted by Crippen LogP contribution is 2.43. The van der Waals surface area contributed by atoms with E-state index in [4.69, 9.17) is 23.8 Å². The molecule has 1 heterocycles. The zero-order chi connectivity index (χ0) is 41.8. The van der Waals surface area contributed by atoms with Gasteiger partial charge in [0.1, 0.15) is 12.7 Å². The fourth-order valence-electron chi connectivity index (χ4n) is 5.83. The summed E-state index contributed by atoms with van der Waals surface area (Å²) in [5.74, 6) is -0.235. The monoisotopic (exact) mass is 825 g/mol. The molecule has 0 aromatic carbocycles. The van der Waals surface area contributed by atoms with E-state index in [1.165, 1.54) is 51.4 Å². The first kappa shape index (κ1) is 52.6. The van der Waals surface area contributed by atoms with E-state index < -0.39 is 51.8 Å². The Morgan fingerprint density at radius 3 is 1.74 bits per heavy atom. The Bertz CT molecular complexity index is 1210. The van der Waals surface area contributed by atoms with Gasteiger partial charge in [0.15, 0.2) is 6.10 Å². The molecule has 0 bridgehead atoms. The van der Waals surface area contributed by atoms with Crippen molar-refractivity contribution in [3.05, 3.63) is 60.8 Å². The number of ether oxygens (including phenoxy) is 3. The molecule has 0 spiro atoms. The Labute approximate surface area is 344 Å². The van der Waals surface area contributed by atoms with E-state index in [0.29, 0.717) is 25.0 Å². The molecular weight excluding hydrogens is 747 g/mol. The van der Waals surface area contributed by atoms with E-state index in [2.05, 4.69) is 73.9 Å². The van der Waals surface area contributed by atoms with Crippen LogP contribution < -0.4 is 0 Å². The second-order valence-corrected chi connectivity index (χ2v) is 16.7. The van der Waals surface area contributed by atoms with Crippen molar-refractivity contribution >= 4 is 19.8 Å². The van der Waals surface area contributed by atoms with Gasteiger partial charge >= 0.3 is 19.8 Å². The summed E-state index contributed by atoms with van der Waals surface area (Å²) in [6.07, 6.45) is 39.6. The van der Waals surface area contributed by atoms with Crippen LogP contribution in [0.5, 0.6) is 0 Å². The third-order valence-electron chi connectivity index (χ3n) is 9.28. The van der Waals surface area contributed by atoms with Crippen LogP contribution in [0.15, 0.2) is 60.8 Å². The minimum atomic E-state index is -4.64. The number of aliphatic hydroxyl groups is 2. The summed E-state index contributed by atoms with van der Waals surface area (Å²) in [4.78, 5) is 35.0. The molecule has 5 atom stereocenters. The smallest absolute Gasteiger partial charge is 0.462 e. The number of rotatable bonds is 38. The summed E-state index contributed by atoms with van der Waals surface area (Å²) < 4.78 is 38.3. The first-order valence-electron chi connectivity index (χ1n) is 21.7. The number of aliphatic hydroxyl groups excluding tert-OH is 2. The highest BCUT2D eigenvalue weighted by atomic mass is 31.2. The van der Waals surface area contributed by atoms with Crippen molar-refractivity contribution in [3.63, 3.8) is 0 Å². The zero-order valence-corrected chi connectivity index (χ0v) is 36.3. The van der Waals surface area contributed by atoms with Crippen LogP contribution in [0.4, 0.5) is 0 Å². The van der Waals surface area contributed by atoms with E-state index in [0.717, 1.165) is 63.7 Å². The largest absolute Gasteiger partial charge is 0.472 e. The standard InChI is InChI=1S/C45H77O11P/c1-4-5-25-31-42-43(56-42)32-27-22-18-14-10-6-7-11-16-20-24-29-34-45(49)55-41(38-54-57(50,51)53-36-40(47)35-46)37-52-44(48)33-28-23-19-15-12-8-9-13-17-21-26-30-39(2)3/h5,7,10-11,14,20,22,24-25,27,39-43,46-47H,4,6,8-9,12-13,15-19,21,23,26,28-38H2,1-3H3,(H,50,51)/b11-7-,14-10-,24-20-,25-5-,27-22-/t40-,41+,42?,43?/m0/s1. The van der Waals surface area contributed by atoms with Gasteiger partial charge in [-0.1, -0.05) is 152 Å². The lowest BCUT2D eigenvalue weighted by atomic mass is 10.0. The predicted molar refractivity (Wildman–Crippen MR) is 227 cm³/mol. The lowest BCUT2D eigenvalue weighted by Gasteiger charge is -2.20. The van der Waals surface area contributed by atoms with Crippen molar-refractivity contribution in [2.24, 2.45) is 5.92 Å². The number of phosphoric ester groups is 1. The molecule has 3 unspecified atom stereocenters. The van der Waals surface area contributed by atoms with E-state index in [9.17, 15) is 24.2 Å². The lowest BCUT2D eigenvalue weighted by Crippen LogP contribution is -2.29. The van der Waals surface area contributed by atoms with Gasteiger partial charge in [-0.2, -0.15) is 0 Å².